The Kier molecular flexibility index (Phi) is 5.42. The lowest BCUT2D eigenvalue weighted by Gasteiger charge is -2.28. The molecular weight excluding hydrogens is 362 g/mol. The van der Waals surface area contributed by atoms with E-state index in [2.05, 4.69) is 10.3 Å². The minimum Gasteiger partial charge on any atom is -0.490 e. The zero-order valence-electron chi connectivity index (χ0n) is 16.2. The summed E-state index contributed by atoms with van der Waals surface area (Å²) in [5.41, 5.74) is 6.50. The van der Waals surface area contributed by atoms with Gasteiger partial charge in [-0.25, -0.2) is 4.79 Å². The van der Waals surface area contributed by atoms with Crippen molar-refractivity contribution in [3.05, 3.63) is 29.5 Å². The minimum atomic E-state index is -1.13. The van der Waals surface area contributed by atoms with Gasteiger partial charge in [-0.2, -0.15) is 0 Å². The summed E-state index contributed by atoms with van der Waals surface area (Å²) < 4.78 is 11.2. The highest BCUT2D eigenvalue weighted by Crippen LogP contribution is 2.33. The van der Waals surface area contributed by atoms with Gasteiger partial charge < -0.3 is 25.6 Å². The zero-order valence-corrected chi connectivity index (χ0v) is 16.2. The molecule has 0 aliphatic carbocycles. The quantitative estimate of drug-likeness (QED) is 0.693. The summed E-state index contributed by atoms with van der Waals surface area (Å²) in [6, 6.07) is 5.24. The van der Waals surface area contributed by atoms with E-state index in [9.17, 15) is 14.7 Å². The number of aromatic carboxylic acids is 1. The van der Waals surface area contributed by atoms with Crippen molar-refractivity contribution in [3.63, 3.8) is 0 Å². The Morgan fingerprint density at radius 3 is 2.82 bits per heavy atom. The van der Waals surface area contributed by atoms with Gasteiger partial charge in [-0.05, 0) is 39.3 Å². The molecule has 1 saturated heterocycles. The van der Waals surface area contributed by atoms with Crippen molar-refractivity contribution in [1.82, 2.24) is 10.3 Å². The average molecular weight is 387 g/mol. The van der Waals surface area contributed by atoms with E-state index in [1.807, 2.05) is 13.8 Å². The van der Waals surface area contributed by atoms with Crippen molar-refractivity contribution in [2.45, 2.75) is 32.7 Å². The number of hydrogen-bond acceptors (Lipinski definition) is 6. The third-order valence-corrected chi connectivity index (χ3v) is 4.76. The molecule has 1 fully saturated rings. The molecule has 1 aromatic heterocycles. The summed E-state index contributed by atoms with van der Waals surface area (Å²) in [4.78, 5) is 28.2. The maximum Gasteiger partial charge on any atom is 0.339 e. The van der Waals surface area contributed by atoms with Gasteiger partial charge in [0.1, 0.15) is 17.9 Å². The molecule has 1 unspecified atom stereocenters. The van der Waals surface area contributed by atoms with Crippen LogP contribution >= 0.6 is 0 Å². The number of fused-ring (bicyclic) bond motifs is 1. The first-order chi connectivity index (χ1) is 13.2. The number of nitrogen functional groups attached to an aromatic ring is 1. The van der Waals surface area contributed by atoms with Crippen molar-refractivity contribution < 1.29 is 24.2 Å². The molecule has 1 amide bonds. The molecule has 0 bridgehead atoms. The monoisotopic (exact) mass is 387 g/mol. The van der Waals surface area contributed by atoms with Crippen LogP contribution in [-0.4, -0.2) is 47.3 Å². The fourth-order valence-electron chi connectivity index (χ4n) is 3.30. The number of benzene rings is 1. The molecule has 3 rings (SSSR count). The lowest BCUT2D eigenvalue weighted by atomic mass is 10.0. The van der Waals surface area contributed by atoms with Crippen LogP contribution in [0.2, 0.25) is 0 Å². The number of nitrogens with two attached hydrogens (primary N) is 1. The number of aryl methyl sites for hydroxylation is 1. The predicted molar refractivity (Wildman–Crippen MR) is 104 cm³/mol. The molecule has 0 radical (unpaired) electrons. The molecule has 0 spiro atoms. The lowest BCUT2D eigenvalue weighted by molar-refractivity contribution is -0.126. The number of ether oxygens (including phenoxy) is 2. The van der Waals surface area contributed by atoms with Crippen molar-refractivity contribution in [3.8, 4) is 5.75 Å². The van der Waals surface area contributed by atoms with Gasteiger partial charge in [-0.1, -0.05) is 6.07 Å². The molecule has 4 N–H and O–H groups in total. The van der Waals surface area contributed by atoms with Gasteiger partial charge in [-0.3, -0.25) is 9.78 Å². The summed E-state index contributed by atoms with van der Waals surface area (Å²) in [5, 5.41) is 12.9. The molecule has 8 heteroatoms. The van der Waals surface area contributed by atoms with Gasteiger partial charge in [0, 0.05) is 6.61 Å². The number of carboxylic acids is 1. The number of carbonyl (C=O) groups excluding carboxylic acids is 1. The fourth-order valence-corrected chi connectivity index (χ4v) is 3.30. The van der Waals surface area contributed by atoms with Gasteiger partial charge in [-0.15, -0.1) is 0 Å². The van der Waals surface area contributed by atoms with Crippen LogP contribution in [0, 0.1) is 12.8 Å². The Morgan fingerprint density at radius 2 is 2.18 bits per heavy atom. The Bertz CT molecular complexity index is 920. The standard InChI is InChI=1S/C20H25N3O5/c1-11-15(19(25)26)17(21)16-13(22-11)5-4-6-14(16)28-10-20(2,3)23-18(24)12-7-8-27-9-12/h4-6,12H,7-10H2,1-3H3,(H2,21,22)(H,23,24)(H,25,26). The number of rotatable bonds is 6. The van der Waals surface area contributed by atoms with Crippen LogP contribution in [-0.2, 0) is 9.53 Å². The van der Waals surface area contributed by atoms with Crippen LogP contribution in [0.5, 0.6) is 5.75 Å². The van der Waals surface area contributed by atoms with Crippen LogP contribution in [0.25, 0.3) is 10.9 Å². The van der Waals surface area contributed by atoms with Gasteiger partial charge in [0.05, 0.1) is 40.3 Å². The maximum absolute atomic E-state index is 12.4. The number of hydrogen-bond donors (Lipinski definition) is 3. The van der Waals surface area contributed by atoms with Crippen LogP contribution in [0.15, 0.2) is 18.2 Å². The van der Waals surface area contributed by atoms with Crippen molar-refractivity contribution in [1.29, 1.82) is 0 Å². The van der Waals surface area contributed by atoms with Crippen LogP contribution < -0.4 is 15.8 Å². The molecule has 0 saturated carbocycles. The van der Waals surface area contributed by atoms with E-state index < -0.39 is 11.5 Å². The average Bonchev–Trinajstić information content (AvgIpc) is 3.13. The fraction of sp³-hybridized carbons (Fsp3) is 0.450. The summed E-state index contributed by atoms with van der Waals surface area (Å²) in [7, 11) is 0. The summed E-state index contributed by atoms with van der Waals surface area (Å²) in [6.07, 6.45) is 0.714. The number of nitrogens with one attached hydrogen (secondary N) is 1. The number of nitrogens with zero attached hydrogens (tertiary/aromatic N) is 1. The van der Waals surface area contributed by atoms with Gasteiger partial charge in [0.25, 0.3) is 0 Å². The maximum atomic E-state index is 12.4. The Balaban J connectivity index is 1.82. The first-order valence-corrected chi connectivity index (χ1v) is 9.14. The minimum absolute atomic E-state index is 0.0302. The first kappa shape index (κ1) is 19.9. The molecule has 1 aromatic carbocycles. The molecule has 150 valence electrons. The Morgan fingerprint density at radius 1 is 1.43 bits per heavy atom. The molecule has 1 atom stereocenters. The molecule has 28 heavy (non-hydrogen) atoms. The predicted octanol–water partition coefficient (Wildman–Crippen LogP) is 2.13. The van der Waals surface area contributed by atoms with Crippen LogP contribution in [0.4, 0.5) is 5.69 Å². The van der Waals surface area contributed by atoms with E-state index in [-0.39, 0.29) is 29.7 Å². The van der Waals surface area contributed by atoms with Gasteiger partial charge in [0.15, 0.2) is 0 Å². The number of carbonyl (C=O) groups is 2. The molecular formula is C20H25N3O5. The summed E-state index contributed by atoms with van der Waals surface area (Å²) >= 11 is 0. The van der Waals surface area contributed by atoms with E-state index in [4.69, 9.17) is 15.2 Å². The highest BCUT2D eigenvalue weighted by molar-refractivity contribution is 6.06. The largest absolute Gasteiger partial charge is 0.490 e. The van der Waals surface area contributed by atoms with Gasteiger partial charge in [0.2, 0.25) is 5.91 Å². The molecule has 8 nitrogen and oxygen atoms in total. The van der Waals surface area contributed by atoms with Gasteiger partial charge >= 0.3 is 5.97 Å². The highest BCUT2D eigenvalue weighted by atomic mass is 16.5. The van der Waals surface area contributed by atoms with E-state index in [1.165, 1.54) is 0 Å². The molecule has 1 aliphatic heterocycles. The van der Waals surface area contributed by atoms with Crippen molar-refractivity contribution in [2.24, 2.45) is 5.92 Å². The molecule has 2 heterocycles. The van der Waals surface area contributed by atoms with E-state index in [0.717, 1.165) is 0 Å². The van der Waals surface area contributed by atoms with Crippen molar-refractivity contribution in [2.75, 3.05) is 25.6 Å². The number of aromatic nitrogens is 1. The third-order valence-electron chi connectivity index (χ3n) is 4.76. The van der Waals surface area contributed by atoms with Crippen LogP contribution in [0.1, 0.15) is 36.3 Å². The zero-order chi connectivity index (χ0) is 20.5. The first-order valence-electron chi connectivity index (χ1n) is 9.14. The third kappa shape index (κ3) is 4.01. The highest BCUT2D eigenvalue weighted by Gasteiger charge is 2.29. The number of anilines is 1. The van der Waals surface area contributed by atoms with Crippen molar-refractivity contribution >= 4 is 28.5 Å². The normalized spacial score (nSPS) is 16.9. The summed E-state index contributed by atoms with van der Waals surface area (Å²) in [5.74, 6) is -0.908. The lowest BCUT2D eigenvalue weighted by Crippen LogP contribution is -2.50. The molecule has 1 aliphatic rings. The SMILES string of the molecule is Cc1nc2cccc(OCC(C)(C)NC(=O)C3CCOC3)c2c(N)c1C(=O)O. The second-order valence-electron chi connectivity index (χ2n) is 7.66. The Labute approximate surface area is 163 Å². The van der Waals surface area contributed by atoms with E-state index in [1.54, 1.807) is 25.1 Å². The number of pyridine rings is 1. The molecule has 2 aromatic rings. The second kappa shape index (κ2) is 7.63. The topological polar surface area (TPSA) is 124 Å². The van der Waals surface area contributed by atoms with Crippen LogP contribution in [0.3, 0.4) is 0 Å². The summed E-state index contributed by atoms with van der Waals surface area (Å²) in [6.45, 7) is 6.55. The smallest absolute Gasteiger partial charge is 0.339 e. The van der Waals surface area contributed by atoms with E-state index >= 15 is 0 Å². The van der Waals surface area contributed by atoms with E-state index in [0.29, 0.717) is 42.0 Å². The second-order valence-corrected chi connectivity index (χ2v) is 7.66. The number of carboxylic acid groups (broad SMARTS) is 1. The Hall–Kier alpha value is -2.87. The number of amides is 1.